The van der Waals surface area contributed by atoms with Crippen molar-refractivity contribution in [3.63, 3.8) is 0 Å². The van der Waals surface area contributed by atoms with Gasteiger partial charge in [0.15, 0.2) is 0 Å². The van der Waals surface area contributed by atoms with Crippen molar-refractivity contribution in [2.75, 3.05) is 0 Å². The van der Waals surface area contributed by atoms with E-state index in [0.29, 0.717) is 6.42 Å². The third-order valence-electron chi connectivity index (χ3n) is 6.04. The lowest BCUT2D eigenvalue weighted by Crippen LogP contribution is -2.76. The topological polar surface area (TPSA) is 49.4 Å². The fraction of sp³-hybridized carbons (Fsp3) is 0.882. The van der Waals surface area contributed by atoms with Crippen LogP contribution in [0.4, 0.5) is 0 Å². The van der Waals surface area contributed by atoms with E-state index >= 15 is 0 Å². The zero-order valence-corrected chi connectivity index (χ0v) is 13.4. The SMILES string of the molecule is CCC1(C)NC(=O)C2(CCCCC2)N(C2CCCC2)C1=O. The van der Waals surface area contributed by atoms with E-state index in [1.807, 2.05) is 13.8 Å². The summed E-state index contributed by atoms with van der Waals surface area (Å²) >= 11 is 0. The standard InChI is InChI=1S/C17H28N2O2/c1-3-16(2)15(21)19(13-9-5-6-10-13)17(14(20)18-16)11-7-4-8-12-17/h13H,3-12H2,1-2H3,(H,18,20). The third-order valence-corrected chi connectivity index (χ3v) is 6.04. The molecular weight excluding hydrogens is 264 g/mol. The van der Waals surface area contributed by atoms with Crippen molar-refractivity contribution < 1.29 is 9.59 Å². The second kappa shape index (κ2) is 5.29. The highest BCUT2D eigenvalue weighted by Crippen LogP contribution is 2.43. The molecule has 3 rings (SSSR count). The van der Waals surface area contributed by atoms with Crippen molar-refractivity contribution in [2.24, 2.45) is 0 Å². The summed E-state index contributed by atoms with van der Waals surface area (Å²) in [7, 11) is 0. The molecule has 4 heteroatoms. The first-order valence-electron chi connectivity index (χ1n) is 8.70. The van der Waals surface area contributed by atoms with Gasteiger partial charge in [-0.3, -0.25) is 9.59 Å². The Balaban J connectivity index is 2.00. The van der Waals surface area contributed by atoms with Gasteiger partial charge in [0.1, 0.15) is 11.1 Å². The van der Waals surface area contributed by atoms with E-state index in [1.165, 1.54) is 19.3 Å². The highest BCUT2D eigenvalue weighted by molar-refractivity contribution is 6.02. The van der Waals surface area contributed by atoms with Gasteiger partial charge in [-0.25, -0.2) is 0 Å². The molecule has 2 saturated carbocycles. The molecule has 4 nitrogen and oxygen atoms in total. The normalized spacial score (nSPS) is 33.5. The Morgan fingerprint density at radius 3 is 2.29 bits per heavy atom. The van der Waals surface area contributed by atoms with Gasteiger partial charge in [0, 0.05) is 6.04 Å². The number of hydrogen-bond donors (Lipinski definition) is 1. The zero-order chi connectivity index (χ0) is 15.1. The molecule has 1 spiro atoms. The first kappa shape index (κ1) is 14.9. The maximum absolute atomic E-state index is 13.2. The summed E-state index contributed by atoms with van der Waals surface area (Å²) in [5, 5.41) is 3.08. The van der Waals surface area contributed by atoms with Crippen LogP contribution in [-0.4, -0.2) is 33.8 Å². The first-order valence-corrected chi connectivity index (χ1v) is 8.70. The molecule has 0 aromatic rings. The van der Waals surface area contributed by atoms with Crippen molar-refractivity contribution in [1.29, 1.82) is 0 Å². The second-order valence-electron chi connectivity index (χ2n) is 7.35. The van der Waals surface area contributed by atoms with Crippen LogP contribution in [-0.2, 0) is 9.59 Å². The lowest BCUT2D eigenvalue weighted by atomic mass is 9.74. The summed E-state index contributed by atoms with van der Waals surface area (Å²) in [6.07, 6.45) is 10.2. The van der Waals surface area contributed by atoms with Crippen molar-refractivity contribution in [3.05, 3.63) is 0 Å². The van der Waals surface area contributed by atoms with E-state index in [2.05, 4.69) is 10.2 Å². The van der Waals surface area contributed by atoms with E-state index in [1.54, 1.807) is 0 Å². The van der Waals surface area contributed by atoms with Crippen LogP contribution in [0.1, 0.15) is 78.1 Å². The number of piperazine rings is 1. The van der Waals surface area contributed by atoms with Crippen LogP contribution in [0, 0.1) is 0 Å². The van der Waals surface area contributed by atoms with Gasteiger partial charge in [0.2, 0.25) is 11.8 Å². The number of amides is 2. The Morgan fingerprint density at radius 2 is 1.71 bits per heavy atom. The Morgan fingerprint density at radius 1 is 1.10 bits per heavy atom. The summed E-state index contributed by atoms with van der Waals surface area (Å²) in [5.41, 5.74) is -1.25. The maximum atomic E-state index is 13.2. The van der Waals surface area contributed by atoms with Gasteiger partial charge in [-0.2, -0.15) is 0 Å². The Hall–Kier alpha value is -1.06. The van der Waals surface area contributed by atoms with Crippen LogP contribution in [0.2, 0.25) is 0 Å². The molecule has 1 aliphatic heterocycles. The van der Waals surface area contributed by atoms with Crippen molar-refractivity contribution in [1.82, 2.24) is 10.2 Å². The highest BCUT2D eigenvalue weighted by Gasteiger charge is 2.58. The van der Waals surface area contributed by atoms with Crippen LogP contribution in [0.15, 0.2) is 0 Å². The average molecular weight is 292 g/mol. The molecule has 118 valence electrons. The number of rotatable bonds is 2. The first-order chi connectivity index (χ1) is 10.0. The molecule has 3 fully saturated rings. The summed E-state index contributed by atoms with van der Waals surface area (Å²) in [6, 6.07) is 0.285. The molecule has 3 aliphatic rings. The molecule has 0 bridgehead atoms. The fourth-order valence-corrected chi connectivity index (χ4v) is 4.51. The van der Waals surface area contributed by atoms with E-state index in [4.69, 9.17) is 0 Å². The number of carbonyl (C=O) groups excluding carboxylic acids is 2. The van der Waals surface area contributed by atoms with Gasteiger partial charge in [-0.1, -0.05) is 39.0 Å². The van der Waals surface area contributed by atoms with Crippen molar-refractivity contribution >= 4 is 11.8 Å². The number of hydrogen-bond acceptors (Lipinski definition) is 2. The van der Waals surface area contributed by atoms with Gasteiger partial charge in [0.25, 0.3) is 0 Å². The van der Waals surface area contributed by atoms with Gasteiger partial charge in [-0.15, -0.1) is 0 Å². The number of carbonyl (C=O) groups is 2. The molecule has 1 heterocycles. The second-order valence-corrected chi connectivity index (χ2v) is 7.35. The Bertz CT molecular complexity index is 436. The summed E-state index contributed by atoms with van der Waals surface area (Å²) in [5.74, 6) is 0.274. The molecule has 0 aromatic heterocycles. The lowest BCUT2D eigenvalue weighted by molar-refractivity contribution is -0.169. The number of nitrogens with zero attached hydrogens (tertiary/aromatic N) is 1. The smallest absolute Gasteiger partial charge is 0.249 e. The predicted octanol–water partition coefficient (Wildman–Crippen LogP) is 2.76. The molecule has 1 N–H and O–H groups in total. The molecule has 1 atom stereocenters. The predicted molar refractivity (Wildman–Crippen MR) is 81.8 cm³/mol. The monoisotopic (exact) mass is 292 g/mol. The lowest BCUT2D eigenvalue weighted by Gasteiger charge is -2.55. The van der Waals surface area contributed by atoms with Crippen molar-refractivity contribution in [2.45, 2.75) is 95.2 Å². The summed E-state index contributed by atoms with van der Waals surface area (Å²) < 4.78 is 0. The van der Waals surface area contributed by atoms with E-state index in [-0.39, 0.29) is 17.9 Å². The van der Waals surface area contributed by atoms with Crippen molar-refractivity contribution in [3.8, 4) is 0 Å². The Kier molecular flexibility index (Phi) is 3.74. The summed E-state index contributed by atoms with van der Waals surface area (Å²) in [6.45, 7) is 3.88. The molecule has 2 amide bonds. The molecule has 21 heavy (non-hydrogen) atoms. The van der Waals surface area contributed by atoms with Gasteiger partial charge in [-0.05, 0) is 39.0 Å². The van der Waals surface area contributed by atoms with Gasteiger partial charge in [0.05, 0.1) is 0 Å². The molecule has 2 aliphatic carbocycles. The molecule has 1 unspecified atom stereocenters. The van der Waals surface area contributed by atoms with Gasteiger partial charge >= 0.3 is 0 Å². The van der Waals surface area contributed by atoms with Gasteiger partial charge < -0.3 is 10.2 Å². The summed E-state index contributed by atoms with van der Waals surface area (Å²) in [4.78, 5) is 28.2. The van der Waals surface area contributed by atoms with Crippen LogP contribution < -0.4 is 5.32 Å². The minimum absolute atomic E-state index is 0.109. The number of nitrogens with one attached hydrogen (secondary N) is 1. The van der Waals surface area contributed by atoms with E-state index in [9.17, 15) is 9.59 Å². The third kappa shape index (κ3) is 2.18. The molecule has 0 aromatic carbocycles. The highest BCUT2D eigenvalue weighted by atomic mass is 16.2. The van der Waals surface area contributed by atoms with Crippen LogP contribution in [0.3, 0.4) is 0 Å². The van der Waals surface area contributed by atoms with Crippen LogP contribution >= 0.6 is 0 Å². The van der Waals surface area contributed by atoms with Crippen LogP contribution in [0.25, 0.3) is 0 Å². The average Bonchev–Trinajstić information content (AvgIpc) is 3.01. The minimum Gasteiger partial charge on any atom is -0.340 e. The van der Waals surface area contributed by atoms with E-state index < -0.39 is 11.1 Å². The molecule has 1 saturated heterocycles. The van der Waals surface area contributed by atoms with E-state index in [0.717, 1.165) is 38.5 Å². The van der Waals surface area contributed by atoms with Crippen LogP contribution in [0.5, 0.6) is 0 Å². The molecule has 0 radical (unpaired) electrons. The fourth-order valence-electron chi connectivity index (χ4n) is 4.51. The zero-order valence-electron chi connectivity index (χ0n) is 13.4. The maximum Gasteiger partial charge on any atom is 0.249 e. The quantitative estimate of drug-likeness (QED) is 0.851. The molecular formula is C17H28N2O2. The largest absolute Gasteiger partial charge is 0.340 e. The Labute approximate surface area is 127 Å². The minimum atomic E-state index is -0.706.